The van der Waals surface area contributed by atoms with Crippen LogP contribution in [0.4, 0.5) is 5.69 Å². The molecule has 0 aliphatic carbocycles. The van der Waals surface area contributed by atoms with E-state index in [0.29, 0.717) is 17.3 Å². The van der Waals surface area contributed by atoms with Gasteiger partial charge in [-0.05, 0) is 176 Å². The fourth-order valence-corrected chi connectivity index (χ4v) is 7.75. The van der Waals surface area contributed by atoms with Gasteiger partial charge in [0.25, 0.3) is 5.69 Å². The van der Waals surface area contributed by atoms with E-state index in [1.165, 1.54) is 56.1 Å². The van der Waals surface area contributed by atoms with E-state index in [9.17, 15) is 10.1 Å². The minimum Gasteiger partial charge on any atom is -0.324 e. The quantitative estimate of drug-likeness (QED) is 0.0548. The first-order valence-electron chi connectivity index (χ1n) is 22.9. The summed E-state index contributed by atoms with van der Waals surface area (Å²) >= 11 is 6.21. The van der Waals surface area contributed by atoms with E-state index in [1.807, 2.05) is 40.3 Å². The van der Waals surface area contributed by atoms with E-state index in [-0.39, 0.29) is 10.6 Å². The van der Waals surface area contributed by atoms with Gasteiger partial charge >= 0.3 is 0 Å². The number of imidazole rings is 3. The zero-order chi connectivity index (χ0) is 47.8. The highest BCUT2D eigenvalue weighted by molar-refractivity contribution is 6.29. The number of aromatic nitrogens is 6. The molecule has 6 aromatic rings. The van der Waals surface area contributed by atoms with Crippen molar-refractivity contribution in [2.75, 3.05) is 0 Å². The Kier molecular flexibility index (Phi) is 20.0. The van der Waals surface area contributed by atoms with Crippen molar-refractivity contribution in [3.8, 4) is 0 Å². The molecule has 0 fully saturated rings. The van der Waals surface area contributed by atoms with Crippen LogP contribution in [-0.4, -0.2) is 33.6 Å². The van der Waals surface area contributed by atoms with Crippen molar-refractivity contribution in [1.29, 1.82) is 0 Å². The monoisotopic (exact) mass is 898 g/mol. The minimum absolute atomic E-state index is 0.0635. The maximum atomic E-state index is 11.1. The summed E-state index contributed by atoms with van der Waals surface area (Å²) in [6, 6.07) is 17.4. The number of hydrogen-bond donors (Lipinski definition) is 0. The fourth-order valence-electron chi connectivity index (χ4n) is 7.50. The van der Waals surface area contributed by atoms with Gasteiger partial charge in [-0.15, -0.1) is 0 Å². The Balaban J connectivity index is 0.000000214. The smallest absolute Gasteiger partial charge is 0.297 e. The first-order valence-corrected chi connectivity index (χ1v) is 23.3. The average Bonchev–Trinajstić information content (AvgIpc) is 3.87. The first kappa shape index (κ1) is 51.8. The Bertz CT molecular complexity index is 2760. The predicted octanol–water partition coefficient (Wildman–Crippen LogP) is 16.0. The number of fused-ring (bicyclic) bond motifs is 3. The molecule has 10 heteroatoms. The van der Waals surface area contributed by atoms with E-state index in [2.05, 4.69) is 152 Å². The third kappa shape index (κ3) is 15.4. The Morgan fingerprint density at radius 3 is 1.60 bits per heavy atom. The molecule has 0 unspecified atom stereocenters. The number of halogens is 1. The molecule has 0 atom stereocenters. The van der Waals surface area contributed by atoms with Crippen molar-refractivity contribution in [2.45, 2.75) is 148 Å². The molecule has 0 bridgehead atoms. The standard InChI is InChI=1S/C20H28N2.C18H23N3O2.C17H21ClN2/c1-14(2)8-7-9-15(3)12-13-22-18(6)21-19-11-10-16(4)17(5)20(19)22;1-13(2)7-5-8-14(3)11-12-20-15(4)19-18-16(20)9-6-10-17(18)21(22)23;1-13(2)7-6-8-14(3)11-12-20-16-10-5-4-9-15(16)19-17(20)18/h8,10-12H,7,9,13H2,1-6H3;6-7,9-11H,5,8,12H2,1-4H3;4-5,7,9-11H,6,8,12H2,1-3H3. The SMILES string of the molecule is CC(C)=CCCC(C)=CCn1c(C)nc2c([N+](=O)[O-])cccc21.CC(C)=CCCC(C)=CCn1c(C)nc2ccc(C)c(C)c21.CC(C)=CCCC(C)=CCn1c(Cl)nc2ccccc21. The van der Waals surface area contributed by atoms with Crippen LogP contribution in [0.3, 0.4) is 0 Å². The van der Waals surface area contributed by atoms with Gasteiger partial charge in [-0.3, -0.25) is 10.1 Å². The van der Waals surface area contributed by atoms with Gasteiger partial charge in [0.1, 0.15) is 11.6 Å². The van der Waals surface area contributed by atoms with Crippen LogP contribution >= 0.6 is 11.6 Å². The van der Waals surface area contributed by atoms with Gasteiger partial charge in [-0.2, -0.15) is 0 Å². The largest absolute Gasteiger partial charge is 0.324 e. The molecule has 0 radical (unpaired) electrons. The number of para-hydroxylation sites is 3. The van der Waals surface area contributed by atoms with E-state index in [4.69, 9.17) is 16.6 Å². The molecule has 3 heterocycles. The molecular formula is C55H72ClN7O2. The van der Waals surface area contributed by atoms with Crippen molar-refractivity contribution < 1.29 is 4.92 Å². The number of hydrogen-bond acceptors (Lipinski definition) is 5. The molecule has 0 spiro atoms. The summed E-state index contributed by atoms with van der Waals surface area (Å²) in [5.74, 6) is 1.89. The van der Waals surface area contributed by atoms with Gasteiger partial charge in [-0.1, -0.05) is 94.2 Å². The van der Waals surface area contributed by atoms with Crippen molar-refractivity contribution in [3.05, 3.63) is 163 Å². The average molecular weight is 899 g/mol. The molecule has 3 aromatic heterocycles. The zero-order valence-corrected chi connectivity index (χ0v) is 42.1. The predicted molar refractivity (Wildman–Crippen MR) is 277 cm³/mol. The molecule has 6 rings (SSSR count). The molecule has 3 aromatic carbocycles. The van der Waals surface area contributed by atoms with E-state index >= 15 is 0 Å². The van der Waals surface area contributed by atoms with Gasteiger partial charge in [0.05, 0.1) is 32.5 Å². The van der Waals surface area contributed by atoms with Crippen LogP contribution in [0.1, 0.15) is 124 Å². The molecule has 0 amide bonds. The number of benzene rings is 3. The normalized spacial score (nSPS) is 11.9. The lowest BCUT2D eigenvalue weighted by Crippen LogP contribution is -2.00. The Labute approximate surface area is 393 Å². The first-order chi connectivity index (χ1) is 30.9. The molecular weight excluding hydrogens is 826 g/mol. The summed E-state index contributed by atoms with van der Waals surface area (Å²) in [5.41, 5.74) is 16.7. The highest BCUT2D eigenvalue weighted by Gasteiger charge is 2.17. The second-order valence-electron chi connectivity index (χ2n) is 17.9. The lowest BCUT2D eigenvalue weighted by atomic mass is 10.1. The summed E-state index contributed by atoms with van der Waals surface area (Å²) < 4.78 is 6.40. The molecule has 0 N–H and O–H groups in total. The molecule has 0 aliphatic heterocycles. The number of allylic oxidation sites excluding steroid dienone is 12. The molecule has 0 saturated carbocycles. The Morgan fingerprint density at radius 1 is 0.569 bits per heavy atom. The lowest BCUT2D eigenvalue weighted by molar-refractivity contribution is -0.383. The zero-order valence-electron chi connectivity index (χ0n) is 41.3. The minimum atomic E-state index is -0.375. The summed E-state index contributed by atoms with van der Waals surface area (Å²) in [5, 5.41) is 11.7. The van der Waals surface area contributed by atoms with Crippen LogP contribution in [0.15, 0.2) is 124 Å². The summed E-state index contributed by atoms with van der Waals surface area (Å²) in [7, 11) is 0. The molecule has 65 heavy (non-hydrogen) atoms. The highest BCUT2D eigenvalue weighted by atomic mass is 35.5. The second-order valence-corrected chi connectivity index (χ2v) is 18.2. The van der Waals surface area contributed by atoms with Crippen LogP contribution in [0.2, 0.25) is 5.28 Å². The topological polar surface area (TPSA) is 96.6 Å². The maximum Gasteiger partial charge on any atom is 0.297 e. The summed E-state index contributed by atoms with van der Waals surface area (Å²) in [6.07, 6.45) is 20.1. The molecule has 0 saturated heterocycles. The number of aryl methyl sites for hydroxylation is 4. The third-order valence-corrected chi connectivity index (χ3v) is 11.8. The van der Waals surface area contributed by atoms with Crippen LogP contribution in [-0.2, 0) is 19.6 Å². The highest BCUT2D eigenvalue weighted by Crippen LogP contribution is 2.27. The van der Waals surface area contributed by atoms with Crippen LogP contribution in [0.25, 0.3) is 33.1 Å². The number of nitro benzene ring substituents is 1. The van der Waals surface area contributed by atoms with Crippen molar-refractivity contribution in [3.63, 3.8) is 0 Å². The number of nitro groups is 1. The third-order valence-electron chi connectivity index (χ3n) is 11.5. The molecule has 346 valence electrons. The van der Waals surface area contributed by atoms with Crippen LogP contribution < -0.4 is 0 Å². The van der Waals surface area contributed by atoms with Gasteiger partial charge in [0.2, 0.25) is 5.28 Å². The van der Waals surface area contributed by atoms with Gasteiger partial charge in [-0.25, -0.2) is 15.0 Å². The Hall–Kier alpha value is -5.80. The fraction of sp³-hybridized carbons (Fsp3) is 0.400. The van der Waals surface area contributed by atoms with Gasteiger partial charge in [0, 0.05) is 25.7 Å². The van der Waals surface area contributed by atoms with E-state index in [0.717, 1.165) is 85.3 Å². The van der Waals surface area contributed by atoms with Gasteiger partial charge < -0.3 is 13.7 Å². The van der Waals surface area contributed by atoms with Gasteiger partial charge in [0.15, 0.2) is 5.52 Å². The lowest BCUT2D eigenvalue weighted by Gasteiger charge is -2.08. The van der Waals surface area contributed by atoms with Crippen LogP contribution in [0.5, 0.6) is 0 Å². The Morgan fingerprint density at radius 2 is 1.06 bits per heavy atom. The number of non-ortho nitro benzene ring substituents is 1. The van der Waals surface area contributed by atoms with Crippen molar-refractivity contribution in [2.24, 2.45) is 0 Å². The number of rotatable bonds is 16. The summed E-state index contributed by atoms with van der Waals surface area (Å²) in [4.78, 5) is 24.2. The van der Waals surface area contributed by atoms with Crippen LogP contribution in [0, 0.1) is 37.8 Å². The molecule has 0 aliphatic rings. The van der Waals surface area contributed by atoms with Crippen molar-refractivity contribution in [1.82, 2.24) is 28.7 Å². The van der Waals surface area contributed by atoms with E-state index in [1.54, 1.807) is 6.07 Å². The number of nitrogens with zero attached hydrogens (tertiary/aromatic N) is 7. The second kappa shape index (κ2) is 25.0. The maximum absolute atomic E-state index is 11.1. The molecule has 9 nitrogen and oxygen atoms in total. The summed E-state index contributed by atoms with van der Waals surface area (Å²) in [6.45, 7) is 30.0. The van der Waals surface area contributed by atoms with Crippen molar-refractivity contribution >= 4 is 50.4 Å². The van der Waals surface area contributed by atoms with E-state index < -0.39 is 0 Å².